The fourth-order valence-corrected chi connectivity index (χ4v) is 7.19. The van der Waals surface area contributed by atoms with Crippen LogP contribution in [0.1, 0.15) is 54.9 Å². The highest BCUT2D eigenvalue weighted by molar-refractivity contribution is 5.95. The number of hydrogen-bond acceptors (Lipinski definition) is 7. The van der Waals surface area contributed by atoms with Gasteiger partial charge in [-0.3, -0.25) is 4.79 Å². The molecule has 2 bridgehead atoms. The van der Waals surface area contributed by atoms with Gasteiger partial charge in [0, 0.05) is 5.92 Å². The standard InChI is InChI=1S/C26H38O7/c1-13-10-25-14(2)8-17-19(24(17,6)7)16(21(25)30)9-15(11-27)20(29)26(25,31)22(13)32-12-18(28)33-23(3,4)5/h9-10,14,16-17,19-20,22,27,29,31H,8,11-12H2,1-7H3/t14-,16+,17-,19+,20-,22+,25+,26+/m1/s1. The van der Waals surface area contributed by atoms with Crippen LogP contribution in [0.3, 0.4) is 0 Å². The van der Waals surface area contributed by atoms with Crippen LogP contribution in [0.4, 0.5) is 0 Å². The summed E-state index contributed by atoms with van der Waals surface area (Å²) in [5.41, 5.74) is -3.32. The van der Waals surface area contributed by atoms with Crippen molar-refractivity contribution in [1.29, 1.82) is 0 Å². The van der Waals surface area contributed by atoms with Crippen LogP contribution in [0, 0.1) is 34.5 Å². The van der Waals surface area contributed by atoms with Gasteiger partial charge in [0.15, 0.2) is 5.78 Å². The van der Waals surface area contributed by atoms with E-state index in [2.05, 4.69) is 13.8 Å². The second kappa shape index (κ2) is 7.48. The number of ketones is 1. The quantitative estimate of drug-likeness (QED) is 0.433. The van der Waals surface area contributed by atoms with Gasteiger partial charge in [-0.05, 0) is 68.4 Å². The van der Waals surface area contributed by atoms with Crippen molar-refractivity contribution in [2.24, 2.45) is 34.5 Å². The molecule has 7 nitrogen and oxygen atoms in total. The predicted octanol–water partition coefficient (Wildman–Crippen LogP) is 2.18. The molecule has 8 atom stereocenters. The Hall–Kier alpha value is -1.54. The van der Waals surface area contributed by atoms with Gasteiger partial charge >= 0.3 is 5.97 Å². The van der Waals surface area contributed by atoms with Gasteiger partial charge in [-0.25, -0.2) is 4.79 Å². The zero-order chi connectivity index (χ0) is 24.7. The molecule has 0 unspecified atom stereocenters. The summed E-state index contributed by atoms with van der Waals surface area (Å²) in [6.07, 6.45) is 1.57. The van der Waals surface area contributed by atoms with Crippen molar-refractivity contribution in [3.8, 4) is 0 Å². The smallest absolute Gasteiger partial charge is 0.332 e. The summed E-state index contributed by atoms with van der Waals surface area (Å²) in [6.45, 7) is 12.4. The van der Waals surface area contributed by atoms with E-state index in [-0.39, 0.29) is 28.6 Å². The highest BCUT2D eigenvalue weighted by Gasteiger charge is 2.76. The SMILES string of the molecule is CC1=C[C@]23C(=O)[C@@H](C=C(CO)[C@@H](O)[C@]2(O)[C@H]1OCC(=O)OC(C)(C)C)[C@H]1[C@@H](C[C@H]3C)C1(C)C. The van der Waals surface area contributed by atoms with Gasteiger partial charge < -0.3 is 24.8 Å². The first kappa shape index (κ1) is 24.6. The van der Waals surface area contributed by atoms with E-state index in [9.17, 15) is 24.9 Å². The number of hydrogen-bond donors (Lipinski definition) is 3. The molecule has 2 saturated carbocycles. The van der Waals surface area contributed by atoms with Crippen LogP contribution < -0.4 is 0 Å². The minimum Gasteiger partial charge on any atom is -0.458 e. The normalized spacial score (nSPS) is 43.5. The van der Waals surface area contributed by atoms with Crippen molar-refractivity contribution in [3.05, 3.63) is 23.3 Å². The number of aliphatic hydroxyl groups is 3. The molecule has 0 aliphatic heterocycles. The number of esters is 1. The molecule has 2 fully saturated rings. The number of carbonyl (C=O) groups excluding carboxylic acids is 2. The second-order valence-corrected chi connectivity index (χ2v) is 12.1. The molecule has 4 aliphatic carbocycles. The van der Waals surface area contributed by atoms with Gasteiger partial charge in [-0.1, -0.05) is 32.9 Å². The Morgan fingerprint density at radius 1 is 1.27 bits per heavy atom. The zero-order valence-corrected chi connectivity index (χ0v) is 20.7. The van der Waals surface area contributed by atoms with Crippen LogP contribution in [0.25, 0.3) is 0 Å². The number of allylic oxidation sites excluding steroid dienone is 1. The first-order valence-electron chi connectivity index (χ1n) is 11.9. The second-order valence-electron chi connectivity index (χ2n) is 12.1. The van der Waals surface area contributed by atoms with Gasteiger partial charge in [0.25, 0.3) is 0 Å². The molecule has 4 rings (SSSR count). The van der Waals surface area contributed by atoms with Crippen molar-refractivity contribution in [1.82, 2.24) is 0 Å². The molecule has 0 radical (unpaired) electrons. The molecule has 184 valence electrons. The molecule has 7 heteroatoms. The van der Waals surface area contributed by atoms with Crippen LogP contribution >= 0.6 is 0 Å². The number of rotatable bonds is 4. The molecular formula is C26H38O7. The zero-order valence-electron chi connectivity index (χ0n) is 20.7. The number of Topliss-reactive ketones (excluding diaryl/α,β-unsaturated/α-hetero) is 1. The number of ether oxygens (including phenoxy) is 2. The Morgan fingerprint density at radius 2 is 1.91 bits per heavy atom. The number of carbonyl (C=O) groups is 2. The third kappa shape index (κ3) is 3.30. The van der Waals surface area contributed by atoms with Crippen molar-refractivity contribution < 1.29 is 34.4 Å². The van der Waals surface area contributed by atoms with Gasteiger partial charge in [-0.15, -0.1) is 0 Å². The van der Waals surface area contributed by atoms with E-state index in [1.54, 1.807) is 39.8 Å². The summed E-state index contributed by atoms with van der Waals surface area (Å²) in [4.78, 5) is 26.6. The average Bonchev–Trinajstić information content (AvgIpc) is 3.16. The molecule has 0 aromatic rings. The van der Waals surface area contributed by atoms with E-state index in [4.69, 9.17) is 9.47 Å². The summed E-state index contributed by atoms with van der Waals surface area (Å²) in [5, 5.41) is 33.8. The summed E-state index contributed by atoms with van der Waals surface area (Å²) in [5.74, 6) is -1.09. The van der Waals surface area contributed by atoms with Crippen molar-refractivity contribution in [2.75, 3.05) is 13.2 Å². The maximum Gasteiger partial charge on any atom is 0.332 e. The van der Waals surface area contributed by atoms with Gasteiger partial charge in [-0.2, -0.15) is 0 Å². The van der Waals surface area contributed by atoms with Crippen LogP contribution in [-0.4, -0.2) is 63.7 Å². The van der Waals surface area contributed by atoms with Crippen molar-refractivity contribution in [3.63, 3.8) is 0 Å². The van der Waals surface area contributed by atoms with E-state index in [0.717, 1.165) is 6.42 Å². The van der Waals surface area contributed by atoms with E-state index in [1.165, 1.54) is 0 Å². The van der Waals surface area contributed by atoms with Crippen molar-refractivity contribution in [2.45, 2.75) is 78.3 Å². The molecule has 0 heterocycles. The predicted molar refractivity (Wildman–Crippen MR) is 121 cm³/mol. The average molecular weight is 463 g/mol. The molecule has 0 aromatic heterocycles. The van der Waals surface area contributed by atoms with Crippen LogP contribution in [0.15, 0.2) is 23.3 Å². The summed E-state index contributed by atoms with van der Waals surface area (Å²) in [7, 11) is 0. The molecular weight excluding hydrogens is 424 g/mol. The lowest BCUT2D eigenvalue weighted by Gasteiger charge is -2.49. The first-order chi connectivity index (χ1) is 15.1. The Bertz CT molecular complexity index is 925. The van der Waals surface area contributed by atoms with E-state index >= 15 is 0 Å². The third-order valence-corrected chi connectivity index (χ3v) is 8.68. The van der Waals surface area contributed by atoms with E-state index < -0.39 is 53.9 Å². The topological polar surface area (TPSA) is 113 Å². The Balaban J connectivity index is 1.77. The van der Waals surface area contributed by atoms with Crippen LogP contribution in [-0.2, 0) is 19.1 Å². The molecule has 3 N–H and O–H groups in total. The Labute approximate surface area is 195 Å². The van der Waals surface area contributed by atoms with Gasteiger partial charge in [0.05, 0.1) is 12.0 Å². The minimum absolute atomic E-state index is 0.0232. The molecule has 33 heavy (non-hydrogen) atoms. The maximum absolute atomic E-state index is 14.2. The Kier molecular flexibility index (Phi) is 5.57. The van der Waals surface area contributed by atoms with E-state index in [1.807, 2.05) is 6.92 Å². The summed E-state index contributed by atoms with van der Waals surface area (Å²) >= 11 is 0. The summed E-state index contributed by atoms with van der Waals surface area (Å²) < 4.78 is 11.2. The van der Waals surface area contributed by atoms with Crippen LogP contribution in [0.5, 0.6) is 0 Å². The lowest BCUT2D eigenvalue weighted by Crippen LogP contribution is -2.65. The third-order valence-electron chi connectivity index (χ3n) is 8.68. The lowest BCUT2D eigenvalue weighted by atomic mass is 9.59. The van der Waals surface area contributed by atoms with Crippen molar-refractivity contribution >= 4 is 11.8 Å². The lowest BCUT2D eigenvalue weighted by molar-refractivity contribution is -0.203. The van der Waals surface area contributed by atoms with Crippen LogP contribution in [0.2, 0.25) is 0 Å². The monoisotopic (exact) mass is 462 g/mol. The molecule has 4 aliphatic rings. The highest BCUT2D eigenvalue weighted by Crippen LogP contribution is 2.71. The fourth-order valence-electron chi connectivity index (χ4n) is 7.19. The molecule has 1 spiro atoms. The number of aliphatic hydroxyl groups excluding tert-OH is 2. The minimum atomic E-state index is -2.04. The molecule has 0 aromatic carbocycles. The van der Waals surface area contributed by atoms with Gasteiger partial charge in [0.2, 0.25) is 0 Å². The first-order valence-corrected chi connectivity index (χ1v) is 11.9. The maximum atomic E-state index is 14.2. The van der Waals surface area contributed by atoms with Gasteiger partial charge in [0.1, 0.15) is 30.0 Å². The molecule has 0 saturated heterocycles. The number of fused-ring (bicyclic) bond motifs is 3. The Morgan fingerprint density at radius 3 is 2.48 bits per heavy atom. The molecule has 0 amide bonds. The summed E-state index contributed by atoms with van der Waals surface area (Å²) in [6, 6.07) is 0. The largest absolute Gasteiger partial charge is 0.458 e. The van der Waals surface area contributed by atoms with E-state index in [0.29, 0.717) is 11.5 Å². The highest BCUT2D eigenvalue weighted by atomic mass is 16.6. The fraction of sp³-hybridized carbons (Fsp3) is 0.769.